The van der Waals surface area contributed by atoms with Gasteiger partial charge in [0.2, 0.25) is 0 Å². The number of nitrogens with two attached hydrogens (primary N) is 1. The molecule has 4 heteroatoms. The van der Waals surface area contributed by atoms with Gasteiger partial charge in [0.05, 0.1) is 6.04 Å². The van der Waals surface area contributed by atoms with Gasteiger partial charge in [-0.15, -0.1) is 0 Å². The summed E-state index contributed by atoms with van der Waals surface area (Å²) in [6, 6.07) is 11.1. The van der Waals surface area contributed by atoms with Gasteiger partial charge in [-0.25, -0.2) is 4.39 Å². The van der Waals surface area contributed by atoms with Crippen molar-refractivity contribution in [3.8, 4) is 0 Å². The van der Waals surface area contributed by atoms with Crippen molar-refractivity contribution >= 4 is 11.6 Å². The first-order chi connectivity index (χ1) is 9.47. The quantitative estimate of drug-likeness (QED) is 0.843. The molecule has 0 radical (unpaired) electrons. The Balaban J connectivity index is 2.13. The highest BCUT2D eigenvalue weighted by Gasteiger charge is 2.12. The highest BCUT2D eigenvalue weighted by molar-refractivity contribution is 5.95. The van der Waals surface area contributed by atoms with Gasteiger partial charge in [-0.05, 0) is 55.3 Å². The van der Waals surface area contributed by atoms with Crippen molar-refractivity contribution in [3.05, 3.63) is 65.0 Å². The molecule has 0 fully saturated rings. The highest BCUT2D eigenvalue weighted by atomic mass is 19.1. The third kappa shape index (κ3) is 3.15. The number of nitrogens with one attached hydrogen (secondary N) is 1. The van der Waals surface area contributed by atoms with E-state index in [-0.39, 0.29) is 17.8 Å². The zero-order valence-electron chi connectivity index (χ0n) is 11.5. The fourth-order valence-electron chi connectivity index (χ4n) is 1.96. The minimum atomic E-state index is -0.313. The highest BCUT2D eigenvalue weighted by Crippen LogP contribution is 2.16. The van der Waals surface area contributed by atoms with Crippen LogP contribution in [-0.2, 0) is 0 Å². The Morgan fingerprint density at radius 3 is 2.65 bits per heavy atom. The predicted octanol–water partition coefficient (Wildman–Crippen LogP) is 3.21. The van der Waals surface area contributed by atoms with E-state index >= 15 is 0 Å². The molecule has 1 amide bonds. The van der Waals surface area contributed by atoms with Crippen LogP contribution >= 0.6 is 0 Å². The number of benzene rings is 2. The normalized spacial score (nSPS) is 11.9. The fourth-order valence-corrected chi connectivity index (χ4v) is 1.96. The van der Waals surface area contributed by atoms with Gasteiger partial charge >= 0.3 is 0 Å². The average molecular weight is 272 g/mol. The molecule has 1 atom stereocenters. The van der Waals surface area contributed by atoms with Gasteiger partial charge in [0.1, 0.15) is 5.82 Å². The zero-order chi connectivity index (χ0) is 14.7. The Hall–Kier alpha value is -2.36. The smallest absolute Gasteiger partial charge is 0.251 e. The van der Waals surface area contributed by atoms with Crippen molar-refractivity contribution in [2.75, 3.05) is 5.73 Å². The molecular weight excluding hydrogens is 255 g/mol. The number of amides is 1. The molecule has 0 bridgehead atoms. The second-order valence-electron chi connectivity index (χ2n) is 4.82. The van der Waals surface area contributed by atoms with Crippen LogP contribution in [0.3, 0.4) is 0 Å². The summed E-state index contributed by atoms with van der Waals surface area (Å²) >= 11 is 0. The summed E-state index contributed by atoms with van der Waals surface area (Å²) in [4.78, 5) is 12.1. The zero-order valence-corrected chi connectivity index (χ0v) is 11.5. The van der Waals surface area contributed by atoms with Crippen molar-refractivity contribution in [1.29, 1.82) is 0 Å². The van der Waals surface area contributed by atoms with Crippen LogP contribution in [-0.4, -0.2) is 5.91 Å². The van der Waals surface area contributed by atoms with Gasteiger partial charge in [0.15, 0.2) is 0 Å². The topological polar surface area (TPSA) is 55.1 Å². The summed E-state index contributed by atoms with van der Waals surface area (Å²) in [5, 5.41) is 2.84. The third-order valence-corrected chi connectivity index (χ3v) is 3.23. The van der Waals surface area contributed by atoms with Crippen molar-refractivity contribution < 1.29 is 9.18 Å². The van der Waals surface area contributed by atoms with Gasteiger partial charge in [0.25, 0.3) is 5.91 Å². The molecular formula is C16H17FN2O. The van der Waals surface area contributed by atoms with Crippen LogP contribution in [0.15, 0.2) is 42.5 Å². The molecule has 104 valence electrons. The summed E-state index contributed by atoms with van der Waals surface area (Å²) in [7, 11) is 0. The second-order valence-corrected chi connectivity index (χ2v) is 4.82. The van der Waals surface area contributed by atoms with E-state index < -0.39 is 0 Å². The van der Waals surface area contributed by atoms with Crippen molar-refractivity contribution in [3.63, 3.8) is 0 Å². The second kappa shape index (κ2) is 5.74. The van der Waals surface area contributed by atoms with Crippen LogP contribution in [0, 0.1) is 12.7 Å². The Bertz CT molecular complexity index is 640. The Kier molecular flexibility index (Phi) is 4.03. The van der Waals surface area contributed by atoms with Gasteiger partial charge in [0, 0.05) is 11.3 Å². The third-order valence-electron chi connectivity index (χ3n) is 3.23. The SMILES string of the molecule is Cc1cc(C(=O)NC(C)c2cccc(F)c2)ccc1N. The molecule has 3 nitrogen and oxygen atoms in total. The van der Waals surface area contributed by atoms with E-state index in [1.807, 2.05) is 13.8 Å². The van der Waals surface area contributed by atoms with E-state index in [0.29, 0.717) is 11.3 Å². The molecule has 0 aliphatic carbocycles. The molecule has 0 spiro atoms. The van der Waals surface area contributed by atoms with Crippen LogP contribution in [0.5, 0.6) is 0 Å². The number of aryl methyl sites for hydroxylation is 1. The van der Waals surface area contributed by atoms with Gasteiger partial charge in [-0.3, -0.25) is 4.79 Å². The van der Waals surface area contributed by atoms with Gasteiger partial charge in [-0.2, -0.15) is 0 Å². The number of hydrogen-bond donors (Lipinski definition) is 2. The number of halogens is 1. The lowest BCUT2D eigenvalue weighted by atomic mass is 10.1. The lowest BCUT2D eigenvalue weighted by Gasteiger charge is -2.15. The fraction of sp³-hybridized carbons (Fsp3) is 0.188. The van der Waals surface area contributed by atoms with Gasteiger partial charge in [-0.1, -0.05) is 12.1 Å². The van der Waals surface area contributed by atoms with Crippen LogP contribution in [0.1, 0.15) is 34.5 Å². The molecule has 2 rings (SSSR count). The number of carbonyl (C=O) groups is 1. The molecule has 0 saturated carbocycles. The number of anilines is 1. The van der Waals surface area contributed by atoms with Crippen LogP contribution in [0.2, 0.25) is 0 Å². The maximum Gasteiger partial charge on any atom is 0.251 e. The van der Waals surface area contributed by atoms with E-state index in [0.717, 1.165) is 11.1 Å². The summed E-state index contributed by atoms with van der Waals surface area (Å²) in [6.45, 7) is 3.67. The minimum absolute atomic E-state index is 0.204. The van der Waals surface area contributed by atoms with Crippen molar-refractivity contribution in [2.24, 2.45) is 0 Å². The lowest BCUT2D eigenvalue weighted by Crippen LogP contribution is -2.26. The molecule has 2 aromatic carbocycles. The summed E-state index contributed by atoms with van der Waals surface area (Å²) in [5.74, 6) is -0.517. The minimum Gasteiger partial charge on any atom is -0.399 e. The van der Waals surface area contributed by atoms with E-state index in [4.69, 9.17) is 5.73 Å². The van der Waals surface area contributed by atoms with E-state index in [2.05, 4.69) is 5.32 Å². The molecule has 0 aliphatic heterocycles. The van der Waals surface area contributed by atoms with Crippen molar-refractivity contribution in [1.82, 2.24) is 5.32 Å². The monoisotopic (exact) mass is 272 g/mol. The molecule has 0 aromatic heterocycles. The molecule has 0 saturated heterocycles. The van der Waals surface area contributed by atoms with Gasteiger partial charge < -0.3 is 11.1 Å². The first-order valence-corrected chi connectivity index (χ1v) is 6.40. The first kappa shape index (κ1) is 14.1. The molecule has 2 aromatic rings. The molecule has 3 N–H and O–H groups in total. The molecule has 1 unspecified atom stereocenters. The molecule has 0 aliphatic rings. The van der Waals surface area contributed by atoms with Crippen LogP contribution < -0.4 is 11.1 Å². The maximum atomic E-state index is 13.2. The number of hydrogen-bond acceptors (Lipinski definition) is 2. The van der Waals surface area contributed by atoms with E-state index in [9.17, 15) is 9.18 Å². The number of nitrogen functional groups attached to an aromatic ring is 1. The summed E-state index contributed by atoms with van der Waals surface area (Å²) in [5.41, 5.74) is 8.50. The number of carbonyl (C=O) groups excluding carboxylic acids is 1. The van der Waals surface area contributed by atoms with E-state index in [1.54, 1.807) is 30.3 Å². The molecule has 0 heterocycles. The summed E-state index contributed by atoms with van der Waals surface area (Å²) < 4.78 is 13.2. The average Bonchev–Trinajstić information content (AvgIpc) is 2.41. The standard InChI is InChI=1S/C16H17FN2O/c1-10-8-13(6-7-15(10)18)16(20)19-11(2)12-4-3-5-14(17)9-12/h3-9,11H,18H2,1-2H3,(H,19,20). The van der Waals surface area contributed by atoms with E-state index in [1.165, 1.54) is 12.1 Å². The molecule has 20 heavy (non-hydrogen) atoms. The lowest BCUT2D eigenvalue weighted by molar-refractivity contribution is 0.0939. The van der Waals surface area contributed by atoms with Crippen LogP contribution in [0.25, 0.3) is 0 Å². The largest absolute Gasteiger partial charge is 0.399 e. The Labute approximate surface area is 117 Å². The number of rotatable bonds is 3. The summed E-state index contributed by atoms with van der Waals surface area (Å²) in [6.07, 6.45) is 0. The van der Waals surface area contributed by atoms with Crippen LogP contribution in [0.4, 0.5) is 10.1 Å². The van der Waals surface area contributed by atoms with Crippen molar-refractivity contribution in [2.45, 2.75) is 19.9 Å². The maximum absolute atomic E-state index is 13.2. The Morgan fingerprint density at radius 2 is 2.00 bits per heavy atom. The Morgan fingerprint density at radius 1 is 1.25 bits per heavy atom. The first-order valence-electron chi connectivity index (χ1n) is 6.40. The predicted molar refractivity (Wildman–Crippen MR) is 77.9 cm³/mol.